The second-order valence-corrected chi connectivity index (χ2v) is 9.03. The quantitative estimate of drug-likeness (QED) is 0.672. The van der Waals surface area contributed by atoms with Gasteiger partial charge in [0.2, 0.25) is 0 Å². The molecule has 8 nitrogen and oxygen atoms in total. The summed E-state index contributed by atoms with van der Waals surface area (Å²) in [6.45, 7) is 3.26. The van der Waals surface area contributed by atoms with E-state index >= 15 is 0 Å². The number of alkyl carbamates (subject to hydrolysis) is 1. The zero-order chi connectivity index (χ0) is 23.8. The lowest BCUT2D eigenvalue weighted by molar-refractivity contribution is -0.136. The number of fused-ring (bicyclic) bond motifs is 1. The van der Waals surface area contributed by atoms with Crippen molar-refractivity contribution in [2.24, 2.45) is 0 Å². The summed E-state index contributed by atoms with van der Waals surface area (Å²) in [5, 5.41) is 6.66. The Bertz CT molecular complexity index is 1030. The van der Waals surface area contributed by atoms with E-state index in [0.717, 1.165) is 23.8 Å². The van der Waals surface area contributed by atoms with Crippen LogP contribution in [-0.4, -0.2) is 62.0 Å². The molecule has 2 aliphatic heterocycles. The highest BCUT2D eigenvalue weighted by atomic mass is 32.1. The molecular weight excluding hydrogens is 461 g/mol. The summed E-state index contributed by atoms with van der Waals surface area (Å²) in [6, 6.07) is 0.881. The van der Waals surface area contributed by atoms with Crippen LogP contribution in [0, 0.1) is 0 Å². The number of carbonyl (C=O) groups is 2. The number of halogens is 3. The second kappa shape index (κ2) is 9.34. The summed E-state index contributed by atoms with van der Waals surface area (Å²) in [6.07, 6.45) is -3.61. The monoisotopic (exact) mass is 486 g/mol. The molecule has 2 atom stereocenters. The minimum absolute atomic E-state index is 0.0419. The van der Waals surface area contributed by atoms with Crippen LogP contribution in [0.3, 0.4) is 0 Å². The number of pyridine rings is 1. The molecule has 33 heavy (non-hydrogen) atoms. The summed E-state index contributed by atoms with van der Waals surface area (Å²) in [5.74, 6) is -0.322. The van der Waals surface area contributed by atoms with Crippen molar-refractivity contribution in [3.05, 3.63) is 22.6 Å². The molecule has 0 radical (unpaired) electrons. The molecule has 0 unspecified atom stereocenters. The highest BCUT2D eigenvalue weighted by Gasteiger charge is 2.36. The minimum Gasteiger partial charge on any atom is -0.444 e. The predicted octanol–water partition coefficient (Wildman–Crippen LogP) is 3.55. The Morgan fingerprint density at radius 1 is 1.30 bits per heavy atom. The summed E-state index contributed by atoms with van der Waals surface area (Å²) < 4.78 is 51.8. The lowest BCUT2D eigenvalue weighted by atomic mass is 10.0. The Morgan fingerprint density at radius 3 is 2.58 bits per heavy atom. The fourth-order valence-electron chi connectivity index (χ4n) is 3.99. The van der Waals surface area contributed by atoms with Gasteiger partial charge in [0.15, 0.2) is 0 Å². The zero-order valence-electron chi connectivity index (χ0n) is 18.2. The largest absolute Gasteiger partial charge is 0.444 e. The molecular formula is C21H25F3N4O4S. The first-order valence-electron chi connectivity index (χ1n) is 10.7. The highest BCUT2D eigenvalue weighted by molar-refractivity contribution is 7.17. The van der Waals surface area contributed by atoms with Gasteiger partial charge in [-0.3, -0.25) is 4.79 Å². The van der Waals surface area contributed by atoms with Crippen LogP contribution in [0.15, 0.2) is 11.4 Å². The standard InChI is InChI=1S/C21H25F3N4O4S/c1-11(15-5-8-31-15)32-20(30)26-12-3-6-28(7-4-12)16-9-14(21(22,23)24)18-17(27-16)13(10-33-18)19(29)25-2/h9-12,15H,3-8H2,1-2H3,(H,25,29)(H,26,30)/t11-,15-/m0/s1. The van der Waals surface area contributed by atoms with Gasteiger partial charge in [-0.15, -0.1) is 11.3 Å². The van der Waals surface area contributed by atoms with Gasteiger partial charge >= 0.3 is 12.3 Å². The number of ether oxygens (including phenoxy) is 2. The predicted molar refractivity (Wildman–Crippen MR) is 117 cm³/mol. The molecule has 0 spiro atoms. The molecule has 0 aliphatic carbocycles. The molecule has 0 aromatic carbocycles. The van der Waals surface area contributed by atoms with Crippen molar-refractivity contribution >= 4 is 39.4 Å². The van der Waals surface area contributed by atoms with Gasteiger partial charge in [-0.1, -0.05) is 0 Å². The number of piperidine rings is 1. The maximum Gasteiger partial charge on any atom is 0.417 e. The maximum atomic E-state index is 13.7. The lowest BCUT2D eigenvalue weighted by Gasteiger charge is -2.34. The Labute approximate surface area is 192 Å². The number of hydrogen-bond donors (Lipinski definition) is 2. The Kier molecular flexibility index (Phi) is 6.66. The molecule has 2 amide bonds. The van der Waals surface area contributed by atoms with Gasteiger partial charge in [0.05, 0.1) is 27.4 Å². The van der Waals surface area contributed by atoms with Gasteiger partial charge in [-0.25, -0.2) is 9.78 Å². The number of thiophene rings is 1. The molecule has 2 aromatic rings. The number of amides is 2. The van der Waals surface area contributed by atoms with Gasteiger partial charge in [-0.05, 0) is 25.8 Å². The number of alkyl halides is 3. The third-order valence-corrected chi connectivity index (χ3v) is 6.98. The summed E-state index contributed by atoms with van der Waals surface area (Å²) in [7, 11) is 1.42. The average molecular weight is 487 g/mol. The molecule has 2 N–H and O–H groups in total. The molecule has 0 bridgehead atoms. The van der Waals surface area contributed by atoms with Gasteiger partial charge in [-0.2, -0.15) is 13.2 Å². The summed E-state index contributed by atoms with van der Waals surface area (Å²) in [5.41, 5.74) is -0.646. The number of nitrogens with one attached hydrogen (secondary N) is 2. The van der Waals surface area contributed by atoms with E-state index in [4.69, 9.17) is 9.47 Å². The molecule has 2 fully saturated rings. The van der Waals surface area contributed by atoms with Crippen LogP contribution in [0.4, 0.5) is 23.8 Å². The van der Waals surface area contributed by atoms with Crippen LogP contribution in [0.25, 0.3) is 10.2 Å². The van der Waals surface area contributed by atoms with Crippen LogP contribution >= 0.6 is 11.3 Å². The van der Waals surface area contributed by atoms with E-state index in [1.165, 1.54) is 12.4 Å². The van der Waals surface area contributed by atoms with Crippen molar-refractivity contribution in [3.8, 4) is 0 Å². The van der Waals surface area contributed by atoms with Crippen LogP contribution in [0.5, 0.6) is 0 Å². The van der Waals surface area contributed by atoms with Crippen molar-refractivity contribution in [1.29, 1.82) is 0 Å². The lowest BCUT2D eigenvalue weighted by Crippen LogP contribution is -2.47. The van der Waals surface area contributed by atoms with Gasteiger partial charge in [0, 0.05) is 44.6 Å². The smallest absolute Gasteiger partial charge is 0.417 e. The Hall–Kier alpha value is -2.60. The van der Waals surface area contributed by atoms with Gasteiger partial charge in [0.1, 0.15) is 11.9 Å². The van der Waals surface area contributed by atoms with Crippen LogP contribution in [-0.2, 0) is 15.7 Å². The van der Waals surface area contributed by atoms with Crippen molar-refractivity contribution < 1.29 is 32.2 Å². The Morgan fingerprint density at radius 2 is 2.00 bits per heavy atom. The third kappa shape index (κ3) is 5.01. The zero-order valence-corrected chi connectivity index (χ0v) is 19.0. The molecule has 12 heteroatoms. The Balaban J connectivity index is 1.46. The van der Waals surface area contributed by atoms with Crippen molar-refractivity contribution in [2.45, 2.75) is 50.6 Å². The molecule has 180 valence electrons. The van der Waals surface area contributed by atoms with E-state index in [2.05, 4.69) is 15.6 Å². The molecule has 0 saturated carbocycles. The molecule has 2 aliphatic rings. The molecule has 2 aromatic heterocycles. The molecule has 4 rings (SSSR count). The third-order valence-electron chi connectivity index (χ3n) is 5.98. The number of rotatable bonds is 5. The molecule has 2 saturated heterocycles. The van der Waals surface area contributed by atoms with E-state index in [-0.39, 0.29) is 39.8 Å². The molecule has 4 heterocycles. The average Bonchev–Trinajstić information content (AvgIpc) is 3.14. The van der Waals surface area contributed by atoms with Crippen LogP contribution in [0.2, 0.25) is 0 Å². The fourth-order valence-corrected chi connectivity index (χ4v) is 5.01. The summed E-state index contributed by atoms with van der Waals surface area (Å²) >= 11 is 0.854. The summed E-state index contributed by atoms with van der Waals surface area (Å²) in [4.78, 5) is 30.4. The topological polar surface area (TPSA) is 92.8 Å². The maximum absolute atomic E-state index is 13.7. The first-order valence-corrected chi connectivity index (χ1v) is 11.6. The number of nitrogens with zero attached hydrogens (tertiary/aromatic N) is 2. The minimum atomic E-state index is -4.58. The normalized spacial score (nSPS) is 20.3. The van der Waals surface area contributed by atoms with Crippen molar-refractivity contribution in [3.63, 3.8) is 0 Å². The van der Waals surface area contributed by atoms with Crippen molar-refractivity contribution in [1.82, 2.24) is 15.6 Å². The van der Waals surface area contributed by atoms with E-state index in [1.54, 1.807) is 11.8 Å². The second-order valence-electron chi connectivity index (χ2n) is 8.15. The number of aromatic nitrogens is 1. The first-order chi connectivity index (χ1) is 15.7. The van der Waals surface area contributed by atoms with Crippen molar-refractivity contribution in [2.75, 3.05) is 31.6 Å². The van der Waals surface area contributed by atoms with Gasteiger partial charge < -0.3 is 25.0 Å². The van der Waals surface area contributed by atoms with E-state index in [0.29, 0.717) is 32.5 Å². The SMILES string of the molecule is CNC(=O)c1csc2c(C(F)(F)F)cc(N3CCC(NC(=O)O[C@@H](C)[C@@H]4CCO4)CC3)nc12. The first kappa shape index (κ1) is 23.6. The number of carbonyl (C=O) groups excluding carboxylic acids is 2. The number of anilines is 1. The van der Waals surface area contributed by atoms with E-state index in [1.807, 2.05) is 0 Å². The highest BCUT2D eigenvalue weighted by Crippen LogP contribution is 2.40. The van der Waals surface area contributed by atoms with E-state index < -0.39 is 23.7 Å². The van der Waals surface area contributed by atoms with Crippen LogP contribution < -0.4 is 15.5 Å². The number of hydrogen-bond acceptors (Lipinski definition) is 7. The van der Waals surface area contributed by atoms with E-state index in [9.17, 15) is 22.8 Å². The van der Waals surface area contributed by atoms with Crippen LogP contribution in [0.1, 0.15) is 42.1 Å². The fraction of sp³-hybridized carbons (Fsp3) is 0.571. The van der Waals surface area contributed by atoms with Gasteiger partial charge in [0.25, 0.3) is 5.91 Å².